The predicted molar refractivity (Wildman–Crippen MR) is 91.6 cm³/mol. The molecule has 1 aromatic carbocycles. The molecule has 1 atom stereocenters. The van der Waals surface area contributed by atoms with Gasteiger partial charge in [-0.15, -0.1) is 38.0 Å². The van der Waals surface area contributed by atoms with Crippen molar-refractivity contribution >= 4 is 24.8 Å². The summed E-state index contributed by atoms with van der Waals surface area (Å²) in [6.07, 6.45) is -3.84. The molecule has 0 spiro atoms. The van der Waals surface area contributed by atoms with E-state index in [-0.39, 0.29) is 36.6 Å². The first-order valence-electron chi connectivity index (χ1n) is 7.33. The van der Waals surface area contributed by atoms with Gasteiger partial charge in [-0.25, -0.2) is 0 Å². The van der Waals surface area contributed by atoms with Crippen LogP contribution in [0.3, 0.4) is 0 Å². The van der Waals surface area contributed by atoms with Crippen molar-refractivity contribution in [1.29, 1.82) is 0 Å². The molecule has 1 aliphatic rings. The molecule has 0 bridgehead atoms. The lowest BCUT2D eigenvalue weighted by atomic mass is 10.0. The first-order valence-corrected chi connectivity index (χ1v) is 7.33. The van der Waals surface area contributed by atoms with Gasteiger partial charge in [0.05, 0.1) is 7.11 Å². The van der Waals surface area contributed by atoms with E-state index in [1.54, 1.807) is 6.07 Å². The highest BCUT2D eigenvalue weighted by atomic mass is 35.5. The van der Waals surface area contributed by atoms with Crippen molar-refractivity contribution in [1.82, 2.24) is 10.2 Å². The molecule has 9 heteroatoms. The molecule has 1 aromatic rings. The lowest BCUT2D eigenvalue weighted by Gasteiger charge is -2.35. The third kappa shape index (κ3) is 6.20. The van der Waals surface area contributed by atoms with Crippen LogP contribution in [-0.4, -0.2) is 44.6 Å². The van der Waals surface area contributed by atoms with Crippen LogP contribution >= 0.6 is 24.8 Å². The number of nitrogens with one attached hydrogen (secondary N) is 1. The van der Waals surface area contributed by atoms with Crippen LogP contribution < -0.4 is 14.8 Å². The average Bonchev–Trinajstić information content (AvgIpc) is 2.48. The van der Waals surface area contributed by atoms with Crippen LogP contribution in [0.2, 0.25) is 0 Å². The van der Waals surface area contributed by atoms with Gasteiger partial charge in [0.2, 0.25) is 0 Å². The van der Waals surface area contributed by atoms with Gasteiger partial charge in [0.25, 0.3) is 0 Å². The quantitative estimate of drug-likeness (QED) is 0.828. The first kappa shape index (κ1) is 23.1. The monoisotopic (exact) mass is 390 g/mol. The number of piperazine rings is 1. The van der Waals surface area contributed by atoms with E-state index in [9.17, 15) is 13.2 Å². The minimum Gasteiger partial charge on any atom is -0.496 e. The maximum atomic E-state index is 12.3. The Hall–Kier alpha value is -0.890. The summed E-state index contributed by atoms with van der Waals surface area (Å²) in [6.45, 7) is 5.69. The molecule has 0 unspecified atom stereocenters. The zero-order valence-electron chi connectivity index (χ0n) is 13.6. The maximum Gasteiger partial charge on any atom is 0.573 e. The van der Waals surface area contributed by atoms with E-state index >= 15 is 0 Å². The summed E-state index contributed by atoms with van der Waals surface area (Å²) in [5, 5.41) is 3.29. The van der Waals surface area contributed by atoms with Crippen LogP contribution in [0.25, 0.3) is 0 Å². The van der Waals surface area contributed by atoms with Gasteiger partial charge in [-0.1, -0.05) is 13.0 Å². The minimum absolute atomic E-state index is 0. The van der Waals surface area contributed by atoms with Gasteiger partial charge >= 0.3 is 6.36 Å². The second-order valence-electron chi connectivity index (χ2n) is 5.16. The summed E-state index contributed by atoms with van der Waals surface area (Å²) in [5.74, 6) is 0.162. The van der Waals surface area contributed by atoms with Crippen LogP contribution in [0.15, 0.2) is 18.2 Å². The van der Waals surface area contributed by atoms with Crippen molar-refractivity contribution in [3.63, 3.8) is 0 Å². The maximum absolute atomic E-state index is 12.3. The zero-order chi connectivity index (χ0) is 16.2. The van der Waals surface area contributed by atoms with E-state index in [0.717, 1.165) is 38.2 Å². The van der Waals surface area contributed by atoms with Gasteiger partial charge in [0, 0.05) is 43.9 Å². The molecule has 4 nitrogen and oxygen atoms in total. The summed E-state index contributed by atoms with van der Waals surface area (Å²) in [5.41, 5.74) is 0.890. The molecule has 1 heterocycles. The van der Waals surface area contributed by atoms with Gasteiger partial charge in [-0.2, -0.15) is 0 Å². The number of ether oxygens (including phenoxy) is 2. The summed E-state index contributed by atoms with van der Waals surface area (Å²) in [7, 11) is 1.46. The summed E-state index contributed by atoms with van der Waals surface area (Å²) in [4.78, 5) is 2.32. The van der Waals surface area contributed by atoms with Gasteiger partial charge in [0.15, 0.2) is 0 Å². The van der Waals surface area contributed by atoms with E-state index in [2.05, 4.69) is 21.9 Å². The third-order valence-electron chi connectivity index (χ3n) is 3.78. The largest absolute Gasteiger partial charge is 0.573 e. The number of benzene rings is 1. The van der Waals surface area contributed by atoms with Gasteiger partial charge in [-0.3, -0.25) is 4.90 Å². The van der Waals surface area contributed by atoms with E-state index in [4.69, 9.17) is 4.74 Å². The number of alkyl halides is 3. The van der Waals surface area contributed by atoms with Crippen LogP contribution in [0.4, 0.5) is 13.2 Å². The Morgan fingerprint density at radius 1 is 1.21 bits per heavy atom. The SMILES string of the molecule is CC[C@@H](c1ccc(OC(F)(F)F)cc1OC)N1CCNCC1.Cl.Cl. The smallest absolute Gasteiger partial charge is 0.496 e. The molecule has 140 valence electrons. The Bertz CT molecular complexity index is 498. The third-order valence-corrected chi connectivity index (χ3v) is 3.78. The normalized spacial score (nSPS) is 16.5. The van der Waals surface area contributed by atoms with Crippen molar-refractivity contribution in [3.05, 3.63) is 23.8 Å². The lowest BCUT2D eigenvalue weighted by Crippen LogP contribution is -2.45. The number of hydrogen-bond donors (Lipinski definition) is 1. The number of hydrogen-bond acceptors (Lipinski definition) is 4. The number of methoxy groups -OCH3 is 1. The molecule has 1 fully saturated rings. The predicted octanol–water partition coefficient (Wildman–Crippen LogP) is 3.79. The highest BCUT2D eigenvalue weighted by molar-refractivity contribution is 5.85. The molecule has 0 saturated carbocycles. The molecule has 1 saturated heterocycles. The van der Waals surface area contributed by atoms with Crippen molar-refractivity contribution in [2.45, 2.75) is 25.7 Å². The number of rotatable bonds is 5. The van der Waals surface area contributed by atoms with Crippen LogP contribution in [-0.2, 0) is 0 Å². The summed E-state index contributed by atoms with van der Waals surface area (Å²) < 4.78 is 46.2. The molecule has 0 amide bonds. The Morgan fingerprint density at radius 3 is 2.33 bits per heavy atom. The Balaban J connectivity index is 0.00000264. The number of halogens is 5. The summed E-state index contributed by atoms with van der Waals surface area (Å²) >= 11 is 0. The van der Waals surface area contributed by atoms with Gasteiger partial charge in [-0.05, 0) is 12.5 Å². The fourth-order valence-electron chi connectivity index (χ4n) is 2.83. The van der Waals surface area contributed by atoms with Crippen molar-refractivity contribution in [2.24, 2.45) is 0 Å². The first-order chi connectivity index (χ1) is 10.4. The van der Waals surface area contributed by atoms with E-state index in [1.165, 1.54) is 19.2 Å². The van der Waals surface area contributed by atoms with E-state index < -0.39 is 6.36 Å². The van der Waals surface area contributed by atoms with E-state index in [1.807, 2.05) is 0 Å². The second kappa shape index (κ2) is 10.2. The molecular weight excluding hydrogens is 368 g/mol. The Morgan fingerprint density at radius 2 is 1.83 bits per heavy atom. The number of nitrogens with zero attached hydrogens (tertiary/aromatic N) is 1. The molecule has 24 heavy (non-hydrogen) atoms. The molecule has 0 radical (unpaired) electrons. The molecule has 1 aliphatic heterocycles. The average molecular weight is 391 g/mol. The van der Waals surface area contributed by atoms with Crippen molar-refractivity contribution in [3.8, 4) is 11.5 Å². The van der Waals surface area contributed by atoms with Crippen LogP contribution in [0, 0.1) is 0 Å². The standard InChI is InChI=1S/C15H21F3N2O2.2ClH/c1-3-13(20-8-6-19-7-9-20)12-5-4-11(10-14(12)21-2)22-15(16,17)18;;/h4-5,10,13,19H,3,6-9H2,1-2H3;2*1H/t13-;;/m0../s1. The molecule has 2 rings (SSSR count). The van der Waals surface area contributed by atoms with Gasteiger partial charge in [0.1, 0.15) is 11.5 Å². The van der Waals surface area contributed by atoms with E-state index in [0.29, 0.717) is 5.75 Å². The van der Waals surface area contributed by atoms with Crippen molar-refractivity contribution in [2.75, 3.05) is 33.3 Å². The minimum atomic E-state index is -4.70. The van der Waals surface area contributed by atoms with Crippen molar-refractivity contribution < 1.29 is 22.6 Å². The fourth-order valence-corrected chi connectivity index (χ4v) is 2.83. The zero-order valence-corrected chi connectivity index (χ0v) is 15.2. The van der Waals surface area contributed by atoms with Gasteiger partial charge < -0.3 is 14.8 Å². The van der Waals surface area contributed by atoms with Crippen LogP contribution in [0.5, 0.6) is 11.5 Å². The Labute approximate surface area is 152 Å². The molecule has 0 aliphatic carbocycles. The molecule has 0 aromatic heterocycles. The highest BCUT2D eigenvalue weighted by Gasteiger charge is 2.32. The molecular formula is C15H23Cl2F3N2O2. The summed E-state index contributed by atoms with van der Waals surface area (Å²) in [6, 6.07) is 4.43. The fraction of sp³-hybridized carbons (Fsp3) is 0.600. The second-order valence-corrected chi connectivity index (χ2v) is 5.16. The topological polar surface area (TPSA) is 33.7 Å². The van der Waals surface area contributed by atoms with Crippen LogP contribution in [0.1, 0.15) is 24.9 Å². The highest BCUT2D eigenvalue weighted by Crippen LogP contribution is 2.36. The molecule has 1 N–H and O–H groups in total. The Kier molecular flexibility index (Phi) is 9.80. The lowest BCUT2D eigenvalue weighted by molar-refractivity contribution is -0.274.